The van der Waals surface area contributed by atoms with Crippen LogP contribution in [-0.2, 0) is 25.1 Å². The SMILES string of the molecule is COC(=O)C(C)CS(=O)(=O)Cc1cccc(C#N)c1. The van der Waals surface area contributed by atoms with Gasteiger partial charge in [-0.25, -0.2) is 8.42 Å². The lowest BCUT2D eigenvalue weighted by Crippen LogP contribution is -2.23. The van der Waals surface area contributed by atoms with Crippen LogP contribution >= 0.6 is 0 Å². The summed E-state index contributed by atoms with van der Waals surface area (Å²) in [7, 11) is -2.20. The summed E-state index contributed by atoms with van der Waals surface area (Å²) in [6, 6.07) is 8.36. The van der Waals surface area contributed by atoms with Crippen molar-refractivity contribution in [3.63, 3.8) is 0 Å². The summed E-state index contributed by atoms with van der Waals surface area (Å²) in [5, 5.41) is 8.75. The van der Waals surface area contributed by atoms with Crippen LogP contribution in [0.15, 0.2) is 24.3 Å². The van der Waals surface area contributed by atoms with E-state index in [4.69, 9.17) is 5.26 Å². The normalized spacial score (nSPS) is 12.5. The Morgan fingerprint density at radius 2 is 2.16 bits per heavy atom. The van der Waals surface area contributed by atoms with E-state index in [2.05, 4.69) is 4.74 Å². The van der Waals surface area contributed by atoms with E-state index in [9.17, 15) is 13.2 Å². The molecule has 0 bridgehead atoms. The third-order valence-electron chi connectivity index (χ3n) is 2.55. The van der Waals surface area contributed by atoms with E-state index in [0.29, 0.717) is 11.1 Å². The molecule has 0 heterocycles. The van der Waals surface area contributed by atoms with Crippen LogP contribution in [0.4, 0.5) is 0 Å². The first-order valence-corrected chi connectivity index (χ1v) is 7.47. The molecule has 0 spiro atoms. The Kier molecular flexibility index (Phi) is 5.07. The molecular formula is C13H15NO4S. The van der Waals surface area contributed by atoms with Crippen molar-refractivity contribution in [1.82, 2.24) is 0 Å². The molecule has 5 nitrogen and oxygen atoms in total. The summed E-state index contributed by atoms with van der Waals surface area (Å²) >= 11 is 0. The lowest BCUT2D eigenvalue weighted by atomic mass is 10.2. The van der Waals surface area contributed by atoms with Crippen LogP contribution in [0.5, 0.6) is 0 Å². The predicted octanol–water partition coefficient (Wildman–Crippen LogP) is 1.28. The molecule has 19 heavy (non-hydrogen) atoms. The second-order valence-electron chi connectivity index (χ2n) is 4.29. The number of nitriles is 1. The summed E-state index contributed by atoms with van der Waals surface area (Å²) < 4.78 is 28.4. The van der Waals surface area contributed by atoms with E-state index in [1.807, 2.05) is 6.07 Å². The number of hydrogen-bond acceptors (Lipinski definition) is 5. The maximum absolute atomic E-state index is 11.9. The molecule has 0 aliphatic carbocycles. The number of carbonyl (C=O) groups is 1. The molecule has 6 heteroatoms. The highest BCUT2D eigenvalue weighted by Crippen LogP contribution is 2.12. The zero-order valence-electron chi connectivity index (χ0n) is 10.8. The van der Waals surface area contributed by atoms with E-state index in [0.717, 1.165) is 0 Å². The first-order valence-electron chi connectivity index (χ1n) is 5.65. The molecule has 0 N–H and O–H groups in total. The molecule has 1 unspecified atom stereocenters. The number of carbonyl (C=O) groups excluding carboxylic acids is 1. The summed E-state index contributed by atoms with van der Waals surface area (Å²) in [5.74, 6) is -1.70. The number of rotatable bonds is 5. The summed E-state index contributed by atoms with van der Waals surface area (Å²) in [4.78, 5) is 11.2. The van der Waals surface area contributed by atoms with Crippen molar-refractivity contribution in [3.8, 4) is 6.07 Å². The molecule has 1 rings (SSSR count). The number of benzene rings is 1. The lowest BCUT2D eigenvalue weighted by molar-refractivity contribution is -0.144. The maximum Gasteiger partial charge on any atom is 0.309 e. The average molecular weight is 281 g/mol. The molecule has 102 valence electrons. The minimum atomic E-state index is -3.42. The van der Waals surface area contributed by atoms with Crippen molar-refractivity contribution in [3.05, 3.63) is 35.4 Å². The van der Waals surface area contributed by atoms with Gasteiger partial charge in [-0.2, -0.15) is 5.26 Å². The lowest BCUT2D eigenvalue weighted by Gasteiger charge is -2.10. The molecule has 0 saturated carbocycles. The molecule has 1 aromatic carbocycles. The van der Waals surface area contributed by atoms with Crippen LogP contribution in [-0.4, -0.2) is 27.2 Å². The van der Waals surface area contributed by atoms with E-state index in [-0.39, 0.29) is 11.5 Å². The zero-order chi connectivity index (χ0) is 14.5. The Bertz CT molecular complexity index is 601. The highest BCUT2D eigenvalue weighted by atomic mass is 32.2. The summed E-state index contributed by atoms with van der Waals surface area (Å²) in [6.45, 7) is 1.51. The first kappa shape index (κ1) is 15.2. The smallest absolute Gasteiger partial charge is 0.309 e. The van der Waals surface area contributed by atoms with E-state index in [1.165, 1.54) is 20.1 Å². The van der Waals surface area contributed by atoms with Gasteiger partial charge in [0.15, 0.2) is 9.84 Å². The molecule has 0 aromatic heterocycles. The van der Waals surface area contributed by atoms with Crippen LogP contribution < -0.4 is 0 Å². The molecule has 0 radical (unpaired) electrons. The molecule has 0 fully saturated rings. The second-order valence-corrected chi connectivity index (χ2v) is 6.40. The van der Waals surface area contributed by atoms with Gasteiger partial charge in [0.1, 0.15) is 0 Å². The molecule has 0 amide bonds. The number of sulfone groups is 1. The largest absolute Gasteiger partial charge is 0.469 e. The van der Waals surface area contributed by atoms with E-state index in [1.54, 1.807) is 18.2 Å². The van der Waals surface area contributed by atoms with Gasteiger partial charge in [0.25, 0.3) is 0 Å². The Labute approximate surface area is 112 Å². The minimum Gasteiger partial charge on any atom is -0.469 e. The van der Waals surface area contributed by atoms with Gasteiger partial charge < -0.3 is 4.74 Å². The van der Waals surface area contributed by atoms with Crippen LogP contribution in [0.3, 0.4) is 0 Å². The highest BCUT2D eigenvalue weighted by molar-refractivity contribution is 7.90. The van der Waals surface area contributed by atoms with Crippen molar-refractivity contribution in [2.75, 3.05) is 12.9 Å². The maximum atomic E-state index is 11.9. The zero-order valence-corrected chi connectivity index (χ0v) is 11.6. The Morgan fingerprint density at radius 1 is 1.47 bits per heavy atom. The standard InChI is InChI=1S/C13H15NO4S/c1-10(13(15)18-2)8-19(16,17)9-12-5-3-4-11(6-12)7-14/h3-6,10H,8-9H2,1-2H3. The van der Waals surface area contributed by atoms with Gasteiger partial charge in [-0.3, -0.25) is 4.79 Å². The van der Waals surface area contributed by atoms with Gasteiger partial charge in [0.2, 0.25) is 0 Å². The number of ether oxygens (including phenoxy) is 1. The number of esters is 1. The summed E-state index contributed by atoms with van der Waals surface area (Å²) in [6.07, 6.45) is 0. The number of methoxy groups -OCH3 is 1. The van der Waals surface area contributed by atoms with Crippen LogP contribution in [0.1, 0.15) is 18.1 Å². The van der Waals surface area contributed by atoms with Gasteiger partial charge >= 0.3 is 5.97 Å². The van der Waals surface area contributed by atoms with Crippen molar-refractivity contribution in [2.24, 2.45) is 5.92 Å². The van der Waals surface area contributed by atoms with Gasteiger partial charge in [0.05, 0.1) is 36.2 Å². The third kappa shape index (κ3) is 4.72. The minimum absolute atomic E-state index is 0.191. The van der Waals surface area contributed by atoms with Crippen molar-refractivity contribution in [1.29, 1.82) is 5.26 Å². The Morgan fingerprint density at radius 3 is 2.74 bits per heavy atom. The van der Waals surface area contributed by atoms with Gasteiger partial charge in [-0.1, -0.05) is 19.1 Å². The van der Waals surface area contributed by atoms with Crippen molar-refractivity contribution in [2.45, 2.75) is 12.7 Å². The fraction of sp³-hybridized carbons (Fsp3) is 0.385. The fourth-order valence-electron chi connectivity index (χ4n) is 1.69. The average Bonchev–Trinajstić information content (AvgIpc) is 2.36. The molecule has 0 saturated heterocycles. The fourth-order valence-corrected chi connectivity index (χ4v) is 3.40. The first-order chi connectivity index (χ1) is 8.88. The van der Waals surface area contributed by atoms with Gasteiger partial charge in [-0.05, 0) is 17.7 Å². The van der Waals surface area contributed by atoms with Crippen LogP contribution in [0.25, 0.3) is 0 Å². The second kappa shape index (κ2) is 6.34. The van der Waals surface area contributed by atoms with Crippen LogP contribution in [0, 0.1) is 17.2 Å². The third-order valence-corrected chi connectivity index (χ3v) is 4.33. The van der Waals surface area contributed by atoms with E-state index < -0.39 is 21.7 Å². The quantitative estimate of drug-likeness (QED) is 0.759. The van der Waals surface area contributed by atoms with Crippen molar-refractivity contribution >= 4 is 15.8 Å². The monoisotopic (exact) mass is 281 g/mol. The summed E-state index contributed by atoms with van der Waals surface area (Å²) in [5.41, 5.74) is 0.949. The number of nitrogens with zero attached hydrogens (tertiary/aromatic N) is 1. The topological polar surface area (TPSA) is 84.2 Å². The molecule has 0 aliphatic heterocycles. The van der Waals surface area contributed by atoms with Crippen molar-refractivity contribution < 1.29 is 17.9 Å². The van der Waals surface area contributed by atoms with E-state index >= 15 is 0 Å². The van der Waals surface area contributed by atoms with Gasteiger partial charge in [-0.15, -0.1) is 0 Å². The molecule has 0 aliphatic rings. The van der Waals surface area contributed by atoms with Crippen LogP contribution in [0.2, 0.25) is 0 Å². The highest BCUT2D eigenvalue weighted by Gasteiger charge is 2.22. The number of hydrogen-bond donors (Lipinski definition) is 0. The molecular weight excluding hydrogens is 266 g/mol. The molecule has 1 aromatic rings. The Balaban J connectivity index is 2.80. The van der Waals surface area contributed by atoms with Gasteiger partial charge in [0, 0.05) is 0 Å². The molecule has 1 atom stereocenters. The Hall–Kier alpha value is -1.87. The predicted molar refractivity (Wildman–Crippen MR) is 69.8 cm³/mol.